The van der Waals surface area contributed by atoms with Crippen molar-refractivity contribution in [1.82, 2.24) is 4.98 Å². The minimum Gasteiger partial charge on any atom is -0.385 e. The second-order valence-corrected chi connectivity index (χ2v) is 5.06. The van der Waals surface area contributed by atoms with E-state index in [0.717, 1.165) is 28.7 Å². The average Bonchev–Trinajstić information content (AvgIpc) is 2.47. The number of aromatic nitrogens is 1. The first-order valence-electron chi connectivity index (χ1n) is 7.03. The number of amides is 1. The molecular formula is C16H21N3O2. The van der Waals surface area contributed by atoms with E-state index in [2.05, 4.69) is 10.3 Å². The summed E-state index contributed by atoms with van der Waals surface area (Å²) in [5.41, 5.74) is 8.38. The van der Waals surface area contributed by atoms with Gasteiger partial charge in [-0.3, -0.25) is 9.78 Å². The van der Waals surface area contributed by atoms with E-state index in [1.54, 1.807) is 7.11 Å². The second-order valence-electron chi connectivity index (χ2n) is 5.06. The molecule has 0 saturated heterocycles. The van der Waals surface area contributed by atoms with Gasteiger partial charge in [-0.15, -0.1) is 0 Å². The largest absolute Gasteiger partial charge is 0.385 e. The summed E-state index contributed by atoms with van der Waals surface area (Å²) in [6.07, 6.45) is 1.36. The number of carbonyl (C=O) groups is 1. The first-order chi connectivity index (χ1) is 10.1. The van der Waals surface area contributed by atoms with Gasteiger partial charge in [-0.2, -0.15) is 0 Å². The Labute approximate surface area is 124 Å². The van der Waals surface area contributed by atoms with Crippen LogP contribution < -0.4 is 11.1 Å². The molecule has 5 nitrogen and oxygen atoms in total. The van der Waals surface area contributed by atoms with E-state index in [1.165, 1.54) is 0 Å². The molecule has 3 N–H and O–H groups in total. The summed E-state index contributed by atoms with van der Waals surface area (Å²) in [6.45, 7) is 2.51. The van der Waals surface area contributed by atoms with Gasteiger partial charge in [0.15, 0.2) is 0 Å². The van der Waals surface area contributed by atoms with Gasteiger partial charge in [0.25, 0.3) is 0 Å². The Morgan fingerprint density at radius 3 is 2.95 bits per heavy atom. The summed E-state index contributed by atoms with van der Waals surface area (Å²) in [4.78, 5) is 16.6. The Bertz CT molecular complexity index is 628. The molecule has 1 heterocycles. The minimum absolute atomic E-state index is 0.179. The van der Waals surface area contributed by atoms with E-state index in [1.807, 2.05) is 37.3 Å². The number of hydrogen-bond donors (Lipinski definition) is 2. The molecule has 2 aromatic rings. The molecule has 0 aliphatic carbocycles. The van der Waals surface area contributed by atoms with E-state index < -0.39 is 6.04 Å². The highest BCUT2D eigenvalue weighted by Crippen LogP contribution is 2.23. The maximum Gasteiger partial charge on any atom is 0.241 e. The van der Waals surface area contributed by atoms with Crippen LogP contribution in [0.25, 0.3) is 10.9 Å². The van der Waals surface area contributed by atoms with Gasteiger partial charge in [-0.25, -0.2) is 0 Å². The Morgan fingerprint density at radius 1 is 1.43 bits per heavy atom. The van der Waals surface area contributed by atoms with Crippen LogP contribution in [0.5, 0.6) is 0 Å². The summed E-state index contributed by atoms with van der Waals surface area (Å²) in [7, 11) is 1.64. The topological polar surface area (TPSA) is 77.2 Å². The molecule has 1 aromatic heterocycles. The number of pyridine rings is 1. The molecule has 0 aliphatic heterocycles. The number of fused-ring (bicyclic) bond motifs is 1. The van der Waals surface area contributed by atoms with Gasteiger partial charge < -0.3 is 15.8 Å². The third-order valence-corrected chi connectivity index (χ3v) is 3.30. The summed E-state index contributed by atoms with van der Waals surface area (Å²) in [5.74, 6) is -0.179. The first-order valence-corrected chi connectivity index (χ1v) is 7.03. The number of carbonyl (C=O) groups excluding carboxylic acids is 1. The maximum absolute atomic E-state index is 12.2. The zero-order valence-corrected chi connectivity index (χ0v) is 12.4. The molecule has 1 atom stereocenters. The number of benzene rings is 1. The molecule has 112 valence electrons. The lowest BCUT2D eigenvalue weighted by atomic mass is 10.1. The summed E-state index contributed by atoms with van der Waals surface area (Å²) < 4.78 is 4.97. The van der Waals surface area contributed by atoms with Crippen LogP contribution in [0.3, 0.4) is 0 Å². The van der Waals surface area contributed by atoms with Crippen LogP contribution in [0, 0.1) is 6.92 Å². The fourth-order valence-corrected chi connectivity index (χ4v) is 2.22. The van der Waals surface area contributed by atoms with Gasteiger partial charge in [0.2, 0.25) is 5.91 Å². The number of aryl methyl sites for hydroxylation is 1. The fourth-order valence-electron chi connectivity index (χ4n) is 2.22. The van der Waals surface area contributed by atoms with Gasteiger partial charge in [-0.1, -0.05) is 18.2 Å². The van der Waals surface area contributed by atoms with E-state index >= 15 is 0 Å². The molecule has 21 heavy (non-hydrogen) atoms. The number of hydrogen-bond acceptors (Lipinski definition) is 4. The number of nitrogens with one attached hydrogen (secondary N) is 1. The monoisotopic (exact) mass is 287 g/mol. The molecule has 1 amide bonds. The molecule has 1 unspecified atom stereocenters. The molecular weight excluding hydrogens is 266 g/mol. The van der Waals surface area contributed by atoms with Crippen LogP contribution in [-0.4, -0.2) is 30.6 Å². The second kappa shape index (κ2) is 7.15. The highest BCUT2D eigenvalue weighted by molar-refractivity contribution is 6.02. The summed E-state index contributed by atoms with van der Waals surface area (Å²) >= 11 is 0. The van der Waals surface area contributed by atoms with Gasteiger partial charge in [0.1, 0.15) is 0 Å². The number of rotatable bonds is 6. The molecule has 0 radical (unpaired) electrons. The van der Waals surface area contributed by atoms with E-state index in [0.29, 0.717) is 13.0 Å². The standard InChI is InChI=1S/C16H21N3O2/c1-11-10-15(12-6-3-4-8-14(12)18-11)19-16(20)13(17)7-5-9-21-2/h3-4,6,8,10,13H,5,7,9,17H2,1-2H3,(H,18,19,20). The predicted molar refractivity (Wildman–Crippen MR) is 84.2 cm³/mol. The number of anilines is 1. The highest BCUT2D eigenvalue weighted by atomic mass is 16.5. The van der Waals surface area contributed by atoms with Crippen LogP contribution in [0.4, 0.5) is 5.69 Å². The van der Waals surface area contributed by atoms with Crippen molar-refractivity contribution in [2.24, 2.45) is 5.73 Å². The normalized spacial score (nSPS) is 12.3. The van der Waals surface area contributed by atoms with Crippen molar-refractivity contribution in [3.05, 3.63) is 36.0 Å². The molecule has 1 aromatic carbocycles. The SMILES string of the molecule is COCCCC(N)C(=O)Nc1cc(C)nc2ccccc12. The van der Waals surface area contributed by atoms with Crippen LogP contribution in [0.15, 0.2) is 30.3 Å². The average molecular weight is 287 g/mol. The molecule has 5 heteroatoms. The quantitative estimate of drug-likeness (QED) is 0.799. The Hall–Kier alpha value is -1.98. The lowest BCUT2D eigenvalue weighted by Gasteiger charge is -2.14. The van der Waals surface area contributed by atoms with Crippen LogP contribution in [0.1, 0.15) is 18.5 Å². The van der Waals surface area contributed by atoms with E-state index in [-0.39, 0.29) is 5.91 Å². The summed E-state index contributed by atoms with van der Waals surface area (Å²) in [6, 6.07) is 9.05. The van der Waals surface area contributed by atoms with Gasteiger partial charge in [0.05, 0.1) is 17.2 Å². The number of para-hydroxylation sites is 1. The molecule has 0 spiro atoms. The smallest absolute Gasteiger partial charge is 0.241 e. The number of methoxy groups -OCH3 is 1. The van der Waals surface area contributed by atoms with Crippen molar-refractivity contribution in [2.45, 2.75) is 25.8 Å². The lowest BCUT2D eigenvalue weighted by molar-refractivity contribution is -0.117. The number of nitrogens with zero attached hydrogens (tertiary/aromatic N) is 1. The van der Waals surface area contributed by atoms with Gasteiger partial charge >= 0.3 is 0 Å². The van der Waals surface area contributed by atoms with E-state index in [9.17, 15) is 4.79 Å². The molecule has 0 fully saturated rings. The lowest BCUT2D eigenvalue weighted by Crippen LogP contribution is -2.35. The van der Waals surface area contributed by atoms with Crippen LogP contribution in [-0.2, 0) is 9.53 Å². The van der Waals surface area contributed by atoms with Crippen molar-refractivity contribution in [3.8, 4) is 0 Å². The van der Waals surface area contributed by atoms with Crippen molar-refractivity contribution in [3.63, 3.8) is 0 Å². The number of ether oxygens (including phenoxy) is 1. The Kier molecular flexibility index (Phi) is 5.25. The van der Waals surface area contributed by atoms with Crippen molar-refractivity contribution < 1.29 is 9.53 Å². The predicted octanol–water partition coefficient (Wildman–Crippen LogP) is 2.24. The zero-order chi connectivity index (χ0) is 15.2. The van der Waals surface area contributed by atoms with Gasteiger partial charge in [-0.05, 0) is 31.9 Å². The van der Waals surface area contributed by atoms with E-state index in [4.69, 9.17) is 10.5 Å². The zero-order valence-electron chi connectivity index (χ0n) is 12.4. The minimum atomic E-state index is -0.535. The molecule has 0 saturated carbocycles. The van der Waals surface area contributed by atoms with Crippen LogP contribution >= 0.6 is 0 Å². The first kappa shape index (κ1) is 15.4. The summed E-state index contributed by atoms with van der Waals surface area (Å²) in [5, 5.41) is 3.82. The number of nitrogens with two attached hydrogens (primary N) is 1. The maximum atomic E-state index is 12.2. The molecule has 0 aliphatic rings. The van der Waals surface area contributed by atoms with Crippen molar-refractivity contribution in [2.75, 3.05) is 19.0 Å². The fraction of sp³-hybridized carbons (Fsp3) is 0.375. The van der Waals surface area contributed by atoms with Crippen molar-refractivity contribution in [1.29, 1.82) is 0 Å². The van der Waals surface area contributed by atoms with Crippen LogP contribution in [0.2, 0.25) is 0 Å². The van der Waals surface area contributed by atoms with Gasteiger partial charge in [0, 0.05) is 24.8 Å². The third-order valence-electron chi connectivity index (χ3n) is 3.30. The third kappa shape index (κ3) is 4.00. The van der Waals surface area contributed by atoms with Crippen molar-refractivity contribution >= 4 is 22.5 Å². The molecule has 2 rings (SSSR count). The Morgan fingerprint density at radius 2 is 2.19 bits per heavy atom. The molecule has 0 bridgehead atoms. The Balaban J connectivity index is 2.13. The highest BCUT2D eigenvalue weighted by Gasteiger charge is 2.14.